The number of likely N-dealkylation sites (N-methyl/N-ethyl adjacent to an activating group) is 1. The molecule has 2 heterocycles. The van der Waals surface area contributed by atoms with Crippen molar-refractivity contribution < 1.29 is 23.8 Å². The van der Waals surface area contributed by atoms with Crippen LogP contribution >= 0.6 is 0 Å². The number of nitrogens with zero attached hydrogens (tertiary/aromatic N) is 3. The lowest BCUT2D eigenvalue weighted by Gasteiger charge is -2.17. The largest absolute Gasteiger partial charge is 0.497 e. The van der Waals surface area contributed by atoms with Gasteiger partial charge in [0.15, 0.2) is 11.6 Å². The Morgan fingerprint density at radius 1 is 1.07 bits per heavy atom. The zero-order chi connectivity index (χ0) is 29.8. The normalized spacial score (nSPS) is 11.8. The number of aromatic nitrogens is 3. The highest BCUT2D eigenvalue weighted by Crippen LogP contribution is 2.33. The second kappa shape index (κ2) is 12.2. The van der Waals surface area contributed by atoms with E-state index in [1.165, 1.54) is 16.8 Å². The maximum absolute atomic E-state index is 15.2. The Balaban J connectivity index is 1.42. The molecule has 0 fully saturated rings. The summed E-state index contributed by atoms with van der Waals surface area (Å²) in [7, 11) is 3.27. The van der Waals surface area contributed by atoms with Crippen molar-refractivity contribution in [2.24, 2.45) is 0 Å². The van der Waals surface area contributed by atoms with Crippen LogP contribution in [0.3, 0.4) is 0 Å². The van der Waals surface area contributed by atoms with Crippen molar-refractivity contribution in [2.75, 3.05) is 26.0 Å². The summed E-state index contributed by atoms with van der Waals surface area (Å²) in [5.74, 6) is -0.432. The Hall–Kier alpha value is -5.00. The number of anilines is 1. The number of ether oxygens (including phenoxy) is 2. The highest BCUT2D eigenvalue weighted by Gasteiger charge is 2.25. The Morgan fingerprint density at radius 3 is 2.57 bits per heavy atom. The zero-order valence-electron chi connectivity index (χ0n) is 23.3. The number of amides is 1. The average molecular weight is 572 g/mol. The van der Waals surface area contributed by atoms with Crippen molar-refractivity contribution in [1.82, 2.24) is 19.7 Å². The van der Waals surface area contributed by atoms with Gasteiger partial charge in [-0.1, -0.05) is 18.2 Å². The van der Waals surface area contributed by atoms with Crippen LogP contribution in [0.25, 0.3) is 16.6 Å². The zero-order valence-corrected chi connectivity index (χ0v) is 23.3. The van der Waals surface area contributed by atoms with E-state index in [0.717, 1.165) is 6.07 Å². The van der Waals surface area contributed by atoms with Gasteiger partial charge in [0.1, 0.15) is 17.1 Å². The molecule has 1 amide bonds. The first kappa shape index (κ1) is 28.5. The molecule has 0 aliphatic rings. The summed E-state index contributed by atoms with van der Waals surface area (Å²) in [6, 6.07) is 19.8. The molecule has 0 radical (unpaired) electrons. The molecule has 2 aromatic heterocycles. The summed E-state index contributed by atoms with van der Waals surface area (Å²) in [4.78, 5) is 31.2. The van der Waals surface area contributed by atoms with Gasteiger partial charge in [-0.15, -0.1) is 0 Å². The predicted molar refractivity (Wildman–Crippen MR) is 157 cm³/mol. The molecule has 3 N–H and O–H groups in total. The van der Waals surface area contributed by atoms with Crippen molar-refractivity contribution in [1.29, 1.82) is 0 Å². The number of para-hydroxylation sites is 1. The number of carbonyl (C=O) groups excluding carboxylic acids is 1. The number of fused-ring (bicyclic) bond motifs is 1. The average Bonchev–Trinajstić information content (AvgIpc) is 3.23. The number of nitrogens with one attached hydrogen (secondary N) is 2. The summed E-state index contributed by atoms with van der Waals surface area (Å²) in [6.07, 6.45) is 0.741. The lowest BCUT2D eigenvalue weighted by molar-refractivity contribution is 0.102. The van der Waals surface area contributed by atoms with E-state index in [2.05, 4.69) is 15.6 Å². The van der Waals surface area contributed by atoms with Gasteiger partial charge in [-0.2, -0.15) is 0 Å². The molecule has 0 bridgehead atoms. The van der Waals surface area contributed by atoms with Crippen LogP contribution in [0.4, 0.5) is 10.1 Å². The first-order valence-corrected chi connectivity index (χ1v) is 13.2. The van der Waals surface area contributed by atoms with Crippen LogP contribution in [0, 0.1) is 12.7 Å². The molecule has 1 atom stereocenters. The third-order valence-electron chi connectivity index (χ3n) is 6.77. The van der Waals surface area contributed by atoms with Gasteiger partial charge in [-0.25, -0.2) is 9.07 Å². The summed E-state index contributed by atoms with van der Waals surface area (Å²) in [5.41, 5.74) is 0.985. The first-order chi connectivity index (χ1) is 20.3. The van der Waals surface area contributed by atoms with E-state index >= 15 is 4.39 Å². The van der Waals surface area contributed by atoms with Crippen molar-refractivity contribution in [3.05, 3.63) is 106 Å². The number of rotatable bonds is 10. The van der Waals surface area contributed by atoms with Crippen LogP contribution in [0.2, 0.25) is 0 Å². The van der Waals surface area contributed by atoms with E-state index in [0.29, 0.717) is 40.3 Å². The van der Waals surface area contributed by atoms with Gasteiger partial charge in [-0.3, -0.25) is 19.3 Å². The maximum Gasteiger partial charge on any atom is 0.284 e. The monoisotopic (exact) mass is 571 g/mol. The quantitative estimate of drug-likeness (QED) is 0.229. The molecule has 5 rings (SSSR count). The molecule has 0 saturated carbocycles. The topological polar surface area (TPSA) is 120 Å². The number of halogens is 1. The van der Waals surface area contributed by atoms with Gasteiger partial charge < -0.3 is 25.2 Å². The Bertz CT molecular complexity index is 1800. The van der Waals surface area contributed by atoms with Crippen molar-refractivity contribution in [3.8, 4) is 22.9 Å². The van der Waals surface area contributed by atoms with E-state index in [9.17, 15) is 14.7 Å². The van der Waals surface area contributed by atoms with E-state index in [4.69, 9.17) is 9.47 Å². The fourth-order valence-corrected chi connectivity index (χ4v) is 4.75. The molecule has 0 aliphatic heterocycles. The molecule has 0 spiro atoms. The molecule has 10 nitrogen and oxygen atoms in total. The molecule has 3 aromatic carbocycles. The molecule has 216 valence electrons. The fraction of sp³-hybridized carbons (Fsp3) is 0.194. The molecular formula is C31H30FN5O5. The van der Waals surface area contributed by atoms with Gasteiger partial charge in [0, 0.05) is 35.9 Å². The van der Waals surface area contributed by atoms with Crippen LogP contribution in [0.5, 0.6) is 17.2 Å². The van der Waals surface area contributed by atoms with Crippen LogP contribution in [0.15, 0.2) is 83.8 Å². The second-order valence-corrected chi connectivity index (χ2v) is 9.60. The highest BCUT2D eigenvalue weighted by atomic mass is 19.1. The lowest BCUT2D eigenvalue weighted by atomic mass is 10.2. The SMILES string of the molecule is CNCC(O)Cn1c(C)c(C(=O)Nc2ccc(Oc3ccnc4cc(OC)ccc34)c(F)c2)c(=O)n1-c1ccccc1. The standard InChI is InChI=1S/C31H30FN5O5/c1-19-29(31(40)37(21-7-5-4-6-8-21)36(19)18-22(38)17-33-2)30(39)35-20-9-12-28(25(32)15-20)42-27-13-14-34-26-16-23(41-3)10-11-24(26)27/h4-16,22,33,38H,17-18H2,1-3H3,(H,35,39). The van der Waals surface area contributed by atoms with Gasteiger partial charge >= 0.3 is 0 Å². The van der Waals surface area contributed by atoms with Crippen LogP contribution < -0.4 is 25.7 Å². The van der Waals surface area contributed by atoms with Crippen molar-refractivity contribution in [2.45, 2.75) is 19.6 Å². The maximum atomic E-state index is 15.2. The van der Waals surface area contributed by atoms with Gasteiger partial charge in [0.25, 0.3) is 11.5 Å². The third kappa shape index (κ3) is 5.73. The number of benzene rings is 3. The Morgan fingerprint density at radius 2 is 1.86 bits per heavy atom. The Labute approximate surface area is 240 Å². The molecule has 42 heavy (non-hydrogen) atoms. The summed E-state index contributed by atoms with van der Waals surface area (Å²) in [5, 5.41) is 16.6. The Kier molecular flexibility index (Phi) is 8.32. The molecule has 11 heteroatoms. The third-order valence-corrected chi connectivity index (χ3v) is 6.77. The minimum absolute atomic E-state index is 0.0522. The van der Waals surface area contributed by atoms with Crippen LogP contribution in [0.1, 0.15) is 16.1 Å². The van der Waals surface area contributed by atoms with Crippen LogP contribution in [-0.4, -0.2) is 52.2 Å². The number of carbonyl (C=O) groups is 1. The molecule has 0 aliphatic carbocycles. The lowest BCUT2D eigenvalue weighted by Crippen LogP contribution is -2.32. The molecule has 5 aromatic rings. The first-order valence-electron chi connectivity index (χ1n) is 13.2. The van der Waals surface area contributed by atoms with Gasteiger partial charge in [-0.05, 0) is 56.4 Å². The minimum atomic E-state index is -0.812. The van der Waals surface area contributed by atoms with E-state index in [-0.39, 0.29) is 23.5 Å². The molecule has 1 unspecified atom stereocenters. The number of hydrogen-bond acceptors (Lipinski definition) is 7. The van der Waals surface area contributed by atoms with E-state index in [1.54, 1.807) is 80.5 Å². The number of aliphatic hydroxyl groups is 1. The molecule has 0 saturated heterocycles. The van der Waals surface area contributed by atoms with Gasteiger partial charge in [0.2, 0.25) is 0 Å². The molecular weight excluding hydrogens is 541 g/mol. The van der Waals surface area contributed by atoms with Gasteiger partial charge in [0.05, 0.1) is 36.7 Å². The fourth-order valence-electron chi connectivity index (χ4n) is 4.75. The van der Waals surface area contributed by atoms with E-state index in [1.807, 2.05) is 6.07 Å². The summed E-state index contributed by atoms with van der Waals surface area (Å²) in [6.45, 7) is 1.99. The van der Waals surface area contributed by atoms with E-state index < -0.39 is 23.4 Å². The number of methoxy groups -OCH3 is 1. The second-order valence-electron chi connectivity index (χ2n) is 9.60. The number of hydrogen-bond donors (Lipinski definition) is 3. The van der Waals surface area contributed by atoms with Crippen LogP contribution in [-0.2, 0) is 6.54 Å². The van der Waals surface area contributed by atoms with Crippen molar-refractivity contribution in [3.63, 3.8) is 0 Å². The number of pyridine rings is 1. The highest BCUT2D eigenvalue weighted by molar-refractivity contribution is 6.05. The smallest absolute Gasteiger partial charge is 0.284 e. The summed E-state index contributed by atoms with van der Waals surface area (Å²) < 4.78 is 29.2. The number of aliphatic hydroxyl groups excluding tert-OH is 1. The summed E-state index contributed by atoms with van der Waals surface area (Å²) >= 11 is 0. The minimum Gasteiger partial charge on any atom is -0.497 e. The van der Waals surface area contributed by atoms with Crippen molar-refractivity contribution >= 4 is 22.5 Å². The predicted octanol–water partition coefficient (Wildman–Crippen LogP) is 4.27.